The lowest BCUT2D eigenvalue weighted by molar-refractivity contribution is -0.123. The molecule has 9 heteroatoms. The van der Waals surface area contributed by atoms with Gasteiger partial charge in [0.15, 0.2) is 12.0 Å². The minimum absolute atomic E-state index is 0.0504. The van der Waals surface area contributed by atoms with Gasteiger partial charge in [-0.15, -0.1) is 0 Å². The zero-order valence-corrected chi connectivity index (χ0v) is 21.6. The molecule has 1 unspecified atom stereocenters. The van der Waals surface area contributed by atoms with Crippen LogP contribution in [-0.2, 0) is 9.53 Å². The van der Waals surface area contributed by atoms with Crippen LogP contribution in [-0.4, -0.2) is 41.9 Å². The number of rotatable bonds is 10. The molecule has 0 aliphatic heterocycles. The predicted molar refractivity (Wildman–Crippen MR) is 141 cm³/mol. The average Bonchev–Trinajstić information content (AvgIpc) is 2.82. The number of unbranched alkanes of at least 4 members (excludes halogenated alkanes) is 1. The smallest absolute Gasteiger partial charge is 0.407 e. The zero-order valence-electron chi connectivity index (χ0n) is 21.6. The summed E-state index contributed by atoms with van der Waals surface area (Å²) in [6, 6.07) is 11.0. The van der Waals surface area contributed by atoms with Crippen molar-refractivity contribution in [2.75, 3.05) is 13.2 Å². The van der Waals surface area contributed by atoms with Crippen molar-refractivity contribution in [3.8, 4) is 22.6 Å². The molecule has 0 aliphatic carbocycles. The lowest BCUT2D eigenvalue weighted by Gasteiger charge is -2.19. The highest BCUT2D eigenvalue weighted by molar-refractivity contribution is 5.83. The van der Waals surface area contributed by atoms with Gasteiger partial charge in [-0.25, -0.2) is 4.79 Å². The predicted octanol–water partition coefficient (Wildman–Crippen LogP) is 4.74. The average molecular weight is 511 g/mol. The van der Waals surface area contributed by atoms with Gasteiger partial charge >= 0.3 is 6.09 Å². The second-order valence-corrected chi connectivity index (χ2v) is 9.87. The first-order chi connectivity index (χ1) is 17.5. The van der Waals surface area contributed by atoms with Gasteiger partial charge in [0.25, 0.3) is 5.91 Å². The van der Waals surface area contributed by atoms with Crippen LogP contribution in [0.15, 0.2) is 57.9 Å². The molecule has 1 atom stereocenters. The molecule has 37 heavy (non-hydrogen) atoms. The quantitative estimate of drug-likeness (QED) is 0.336. The lowest BCUT2D eigenvalue weighted by atomic mass is 10.1. The molecule has 0 fully saturated rings. The minimum atomic E-state index is -0.524. The van der Waals surface area contributed by atoms with Crippen molar-refractivity contribution in [2.24, 2.45) is 0 Å². The molecule has 3 rings (SSSR count). The highest BCUT2D eigenvalue weighted by Crippen LogP contribution is 2.24. The van der Waals surface area contributed by atoms with Gasteiger partial charge in [-0.1, -0.05) is 12.1 Å². The number of hydrogen-bond acceptors (Lipinski definition) is 7. The molecule has 1 aromatic heterocycles. The fourth-order valence-corrected chi connectivity index (χ4v) is 3.66. The number of phenols is 1. The van der Waals surface area contributed by atoms with Crippen molar-refractivity contribution >= 4 is 23.0 Å². The van der Waals surface area contributed by atoms with E-state index in [2.05, 4.69) is 10.6 Å². The Balaban J connectivity index is 1.44. The van der Waals surface area contributed by atoms with Gasteiger partial charge in [0.05, 0.1) is 10.9 Å². The van der Waals surface area contributed by atoms with Crippen LogP contribution < -0.4 is 20.8 Å². The van der Waals surface area contributed by atoms with Crippen LogP contribution in [0.5, 0.6) is 11.5 Å². The number of aromatic hydroxyl groups is 1. The first-order valence-electron chi connectivity index (χ1n) is 12.3. The summed E-state index contributed by atoms with van der Waals surface area (Å²) in [6.45, 7) is 7.69. The Bertz CT molecular complexity index is 1280. The van der Waals surface area contributed by atoms with Crippen molar-refractivity contribution in [1.29, 1.82) is 0 Å². The largest absolute Gasteiger partial charge is 0.508 e. The summed E-state index contributed by atoms with van der Waals surface area (Å²) in [6.07, 6.45) is 3.29. The number of alkyl carbamates (subject to hydrolysis) is 1. The van der Waals surface area contributed by atoms with Gasteiger partial charge in [-0.05, 0) is 76.8 Å². The zero-order chi connectivity index (χ0) is 27.0. The lowest BCUT2D eigenvalue weighted by Crippen LogP contribution is -2.36. The SMILES string of the molecule is CC(CCCCNC(=O)OC(C)(C)C)NC(=O)COc1ccc2c(=O)c(-c3ccc(O)cc3)coc2c1. The van der Waals surface area contributed by atoms with Crippen LogP contribution in [0.25, 0.3) is 22.1 Å². The van der Waals surface area contributed by atoms with E-state index in [1.165, 1.54) is 18.4 Å². The van der Waals surface area contributed by atoms with Crippen molar-refractivity contribution in [1.82, 2.24) is 10.6 Å². The molecule has 0 bridgehead atoms. The fraction of sp³-hybridized carbons (Fsp3) is 0.393. The number of amides is 2. The second-order valence-electron chi connectivity index (χ2n) is 9.87. The van der Waals surface area contributed by atoms with Gasteiger partial charge in [-0.3, -0.25) is 9.59 Å². The van der Waals surface area contributed by atoms with Gasteiger partial charge < -0.3 is 29.6 Å². The van der Waals surface area contributed by atoms with Crippen LogP contribution in [0.2, 0.25) is 0 Å². The van der Waals surface area contributed by atoms with Crippen molar-refractivity contribution in [3.05, 3.63) is 59.0 Å². The van der Waals surface area contributed by atoms with E-state index in [1.807, 2.05) is 27.7 Å². The summed E-state index contributed by atoms with van der Waals surface area (Å²) in [7, 11) is 0. The highest BCUT2D eigenvalue weighted by atomic mass is 16.6. The van der Waals surface area contributed by atoms with Crippen molar-refractivity contribution in [3.63, 3.8) is 0 Å². The van der Waals surface area contributed by atoms with Crippen LogP contribution in [0.1, 0.15) is 47.0 Å². The van der Waals surface area contributed by atoms with Gasteiger partial charge in [0.2, 0.25) is 0 Å². The van der Waals surface area contributed by atoms with E-state index in [0.29, 0.717) is 34.4 Å². The molecular formula is C28H34N2O7. The van der Waals surface area contributed by atoms with E-state index < -0.39 is 11.7 Å². The minimum Gasteiger partial charge on any atom is -0.508 e. The third-order valence-corrected chi connectivity index (χ3v) is 5.43. The van der Waals surface area contributed by atoms with Crippen LogP contribution in [0.3, 0.4) is 0 Å². The van der Waals surface area contributed by atoms with Gasteiger partial charge in [0.1, 0.15) is 28.9 Å². The van der Waals surface area contributed by atoms with Crippen molar-refractivity contribution < 1.29 is 28.6 Å². The number of carbonyl (C=O) groups is 2. The fourth-order valence-electron chi connectivity index (χ4n) is 3.66. The van der Waals surface area contributed by atoms with E-state index in [9.17, 15) is 19.5 Å². The van der Waals surface area contributed by atoms with Crippen molar-refractivity contribution in [2.45, 2.75) is 58.6 Å². The van der Waals surface area contributed by atoms with E-state index in [4.69, 9.17) is 13.9 Å². The maximum absolute atomic E-state index is 12.9. The third-order valence-electron chi connectivity index (χ3n) is 5.43. The molecule has 0 aliphatic rings. The summed E-state index contributed by atoms with van der Waals surface area (Å²) in [5.74, 6) is 0.259. The number of nitrogens with one attached hydrogen (secondary N) is 2. The molecule has 9 nitrogen and oxygen atoms in total. The van der Waals surface area contributed by atoms with Gasteiger partial charge in [0, 0.05) is 18.7 Å². The summed E-state index contributed by atoms with van der Waals surface area (Å²) < 4.78 is 16.4. The maximum Gasteiger partial charge on any atom is 0.407 e. The molecule has 3 aromatic rings. The number of carbonyl (C=O) groups excluding carboxylic acids is 2. The number of phenolic OH excluding ortho intramolecular Hbond substituents is 1. The summed E-state index contributed by atoms with van der Waals surface area (Å²) >= 11 is 0. The summed E-state index contributed by atoms with van der Waals surface area (Å²) in [5, 5.41) is 15.4. The Morgan fingerprint density at radius 2 is 1.81 bits per heavy atom. The Hall–Kier alpha value is -4.01. The Morgan fingerprint density at radius 3 is 2.51 bits per heavy atom. The van der Waals surface area contributed by atoms with E-state index >= 15 is 0 Å². The van der Waals surface area contributed by atoms with E-state index in [-0.39, 0.29) is 29.7 Å². The Labute approximate surface area is 215 Å². The summed E-state index contributed by atoms with van der Waals surface area (Å²) in [5.41, 5.74) is 0.642. The molecule has 1 heterocycles. The molecular weight excluding hydrogens is 476 g/mol. The maximum atomic E-state index is 12.9. The van der Waals surface area contributed by atoms with Gasteiger partial charge in [-0.2, -0.15) is 0 Å². The number of benzene rings is 2. The second kappa shape index (κ2) is 12.3. The number of hydrogen-bond donors (Lipinski definition) is 3. The third kappa shape index (κ3) is 8.56. The number of fused-ring (bicyclic) bond motifs is 1. The van der Waals surface area contributed by atoms with Crippen LogP contribution >= 0.6 is 0 Å². The van der Waals surface area contributed by atoms with E-state index in [0.717, 1.165) is 19.3 Å². The number of ether oxygens (including phenoxy) is 2. The first-order valence-corrected chi connectivity index (χ1v) is 12.3. The molecule has 0 saturated carbocycles. The Kier molecular flexibility index (Phi) is 9.16. The van der Waals surface area contributed by atoms with Crippen LogP contribution in [0.4, 0.5) is 4.79 Å². The molecule has 0 radical (unpaired) electrons. The molecule has 0 spiro atoms. The highest BCUT2D eigenvalue weighted by Gasteiger charge is 2.16. The molecule has 198 valence electrons. The topological polar surface area (TPSA) is 127 Å². The molecule has 2 aromatic carbocycles. The summed E-state index contributed by atoms with van der Waals surface area (Å²) in [4.78, 5) is 36.8. The molecule has 3 N–H and O–H groups in total. The standard InChI is InChI=1S/C28H34N2O7/c1-18(7-5-6-14-29-27(34)37-28(2,3)4)30-25(32)17-35-21-12-13-22-24(15-21)36-16-23(26(22)33)19-8-10-20(31)11-9-19/h8-13,15-16,18,31H,5-7,14,17H2,1-4H3,(H,29,34)(H,30,32). The molecule has 0 saturated heterocycles. The molecule has 2 amide bonds. The normalized spacial score (nSPS) is 12.1. The first kappa shape index (κ1) is 27.6. The van der Waals surface area contributed by atoms with Crippen LogP contribution in [0, 0.1) is 0 Å². The van der Waals surface area contributed by atoms with E-state index in [1.54, 1.807) is 30.3 Å². The monoisotopic (exact) mass is 510 g/mol. The Morgan fingerprint density at radius 1 is 1.08 bits per heavy atom.